The molecule has 4 rings (SSSR count). The molecular weight excluding hydrogens is 446 g/mol. The molecule has 3 heterocycles. The van der Waals surface area contributed by atoms with Gasteiger partial charge >= 0.3 is 5.97 Å². The molecule has 2 aromatic heterocycles. The number of ether oxygens (including phenoxy) is 4. The molecule has 0 saturated heterocycles. The summed E-state index contributed by atoms with van der Waals surface area (Å²) < 4.78 is 22.3. The number of allylic oxidation sites excluding steroid dienone is 1. The van der Waals surface area contributed by atoms with E-state index in [9.17, 15) is 4.79 Å². The number of aryl methyl sites for hydroxylation is 2. The van der Waals surface area contributed by atoms with E-state index in [1.807, 2.05) is 46.8 Å². The van der Waals surface area contributed by atoms with Gasteiger partial charge in [-0.25, -0.2) is 9.79 Å². The van der Waals surface area contributed by atoms with Crippen molar-refractivity contribution >= 4 is 28.7 Å². The number of nitrogens with zero attached hydrogens (tertiary/aromatic N) is 1. The highest BCUT2D eigenvalue weighted by Crippen LogP contribution is 2.37. The number of hydrogen-bond donors (Lipinski definition) is 2. The SMILES string of the molecule is COC1=CC(c2[nH]c3cc(OC)c(OC)cc3c2C(=O)OC(C)(C)C)=NC1=Cc1[nH]c(C)cc1C. The molecule has 8 nitrogen and oxygen atoms in total. The van der Waals surface area contributed by atoms with Gasteiger partial charge in [-0.15, -0.1) is 0 Å². The number of fused-ring (bicyclic) bond motifs is 1. The summed E-state index contributed by atoms with van der Waals surface area (Å²) in [7, 11) is 4.72. The van der Waals surface area contributed by atoms with Gasteiger partial charge < -0.3 is 28.9 Å². The highest BCUT2D eigenvalue weighted by molar-refractivity contribution is 6.21. The minimum Gasteiger partial charge on any atom is -0.494 e. The van der Waals surface area contributed by atoms with Crippen molar-refractivity contribution in [2.45, 2.75) is 40.2 Å². The number of benzene rings is 1. The van der Waals surface area contributed by atoms with Crippen LogP contribution in [0.1, 0.15) is 53.8 Å². The van der Waals surface area contributed by atoms with E-state index >= 15 is 0 Å². The molecular formula is C27H31N3O5. The van der Waals surface area contributed by atoms with Crippen LogP contribution in [-0.4, -0.2) is 48.6 Å². The van der Waals surface area contributed by atoms with Gasteiger partial charge in [0.2, 0.25) is 0 Å². The zero-order valence-electron chi connectivity index (χ0n) is 21.4. The Morgan fingerprint density at radius 1 is 0.971 bits per heavy atom. The zero-order chi connectivity index (χ0) is 25.5. The maximum absolute atomic E-state index is 13.4. The van der Waals surface area contributed by atoms with Crippen molar-refractivity contribution in [2.24, 2.45) is 4.99 Å². The van der Waals surface area contributed by atoms with E-state index in [0.717, 1.165) is 17.0 Å². The summed E-state index contributed by atoms with van der Waals surface area (Å²) in [6.45, 7) is 9.54. The van der Waals surface area contributed by atoms with Crippen LogP contribution in [0.2, 0.25) is 0 Å². The van der Waals surface area contributed by atoms with Crippen LogP contribution in [0.4, 0.5) is 0 Å². The maximum Gasteiger partial charge on any atom is 0.341 e. The largest absolute Gasteiger partial charge is 0.494 e. The Morgan fingerprint density at radius 2 is 1.66 bits per heavy atom. The summed E-state index contributed by atoms with van der Waals surface area (Å²) in [6.07, 6.45) is 3.75. The van der Waals surface area contributed by atoms with Crippen LogP contribution >= 0.6 is 0 Å². The van der Waals surface area contributed by atoms with Crippen molar-refractivity contribution in [1.82, 2.24) is 9.97 Å². The summed E-state index contributed by atoms with van der Waals surface area (Å²) in [4.78, 5) is 24.9. The molecule has 1 aromatic carbocycles. The second-order valence-electron chi connectivity index (χ2n) is 9.42. The molecule has 1 aliphatic rings. The molecule has 0 saturated carbocycles. The first-order chi connectivity index (χ1) is 16.5. The second kappa shape index (κ2) is 9.02. The number of hydrogen-bond acceptors (Lipinski definition) is 6. The smallest absolute Gasteiger partial charge is 0.341 e. The normalized spacial score (nSPS) is 14.8. The van der Waals surface area contributed by atoms with Gasteiger partial charge in [0.15, 0.2) is 11.5 Å². The molecule has 0 unspecified atom stereocenters. The molecule has 0 radical (unpaired) electrons. The van der Waals surface area contributed by atoms with Gasteiger partial charge in [0.05, 0.1) is 43.8 Å². The summed E-state index contributed by atoms with van der Waals surface area (Å²) in [5.74, 6) is 1.18. The first kappa shape index (κ1) is 24.2. The number of esters is 1. The quantitative estimate of drug-likeness (QED) is 0.460. The van der Waals surface area contributed by atoms with Crippen LogP contribution in [0.15, 0.2) is 40.7 Å². The van der Waals surface area contributed by atoms with Crippen LogP contribution < -0.4 is 9.47 Å². The molecule has 0 spiro atoms. The molecule has 184 valence electrons. The molecule has 0 amide bonds. The summed E-state index contributed by atoms with van der Waals surface area (Å²) in [5.41, 5.74) is 5.24. The Balaban J connectivity index is 1.92. The van der Waals surface area contributed by atoms with Crippen LogP contribution in [0.3, 0.4) is 0 Å². The fourth-order valence-corrected chi connectivity index (χ4v) is 4.10. The highest BCUT2D eigenvalue weighted by Gasteiger charge is 2.29. The maximum atomic E-state index is 13.4. The van der Waals surface area contributed by atoms with Crippen molar-refractivity contribution in [3.05, 3.63) is 63.9 Å². The Bertz CT molecular complexity index is 1400. The van der Waals surface area contributed by atoms with Crippen molar-refractivity contribution in [2.75, 3.05) is 21.3 Å². The number of aromatic nitrogens is 2. The predicted molar refractivity (Wildman–Crippen MR) is 136 cm³/mol. The lowest BCUT2D eigenvalue weighted by Gasteiger charge is -2.19. The van der Waals surface area contributed by atoms with Crippen molar-refractivity contribution in [3.63, 3.8) is 0 Å². The van der Waals surface area contributed by atoms with E-state index < -0.39 is 11.6 Å². The third-order valence-electron chi connectivity index (χ3n) is 5.61. The van der Waals surface area contributed by atoms with E-state index in [4.69, 9.17) is 23.9 Å². The molecule has 3 aromatic rings. The van der Waals surface area contributed by atoms with E-state index in [2.05, 4.69) is 16.0 Å². The van der Waals surface area contributed by atoms with E-state index in [0.29, 0.717) is 50.8 Å². The Hall–Kier alpha value is -3.94. The van der Waals surface area contributed by atoms with Crippen molar-refractivity contribution < 1.29 is 23.7 Å². The van der Waals surface area contributed by atoms with Crippen LogP contribution in [-0.2, 0) is 9.47 Å². The molecule has 2 N–H and O–H groups in total. The molecule has 0 atom stereocenters. The van der Waals surface area contributed by atoms with Crippen LogP contribution in [0.5, 0.6) is 11.5 Å². The summed E-state index contributed by atoms with van der Waals surface area (Å²) in [6, 6.07) is 5.64. The monoisotopic (exact) mass is 477 g/mol. The Morgan fingerprint density at radius 3 is 2.23 bits per heavy atom. The average molecular weight is 478 g/mol. The average Bonchev–Trinajstić information content (AvgIpc) is 3.45. The molecule has 35 heavy (non-hydrogen) atoms. The van der Waals surface area contributed by atoms with Gasteiger partial charge in [-0.2, -0.15) is 0 Å². The minimum absolute atomic E-state index is 0.370. The number of rotatable bonds is 6. The second-order valence-corrected chi connectivity index (χ2v) is 9.42. The van der Waals surface area contributed by atoms with Gasteiger partial charge in [-0.1, -0.05) is 0 Å². The Labute approximate surface area is 204 Å². The third-order valence-corrected chi connectivity index (χ3v) is 5.61. The number of aliphatic imine (C=N–C) groups is 1. The van der Waals surface area contributed by atoms with Gasteiger partial charge in [0, 0.05) is 28.9 Å². The summed E-state index contributed by atoms with van der Waals surface area (Å²) in [5, 5.41) is 0.648. The summed E-state index contributed by atoms with van der Waals surface area (Å²) >= 11 is 0. The number of nitrogens with one attached hydrogen (secondary N) is 2. The van der Waals surface area contributed by atoms with Gasteiger partial charge in [0.1, 0.15) is 17.1 Å². The van der Waals surface area contributed by atoms with Crippen LogP contribution in [0.25, 0.3) is 17.0 Å². The molecule has 0 fully saturated rings. The Kier molecular flexibility index (Phi) is 6.23. The molecule has 0 aliphatic carbocycles. The number of H-pyrrole nitrogens is 2. The molecule has 1 aliphatic heterocycles. The topological polar surface area (TPSA) is 97.9 Å². The molecule has 0 bridgehead atoms. The van der Waals surface area contributed by atoms with Crippen LogP contribution in [0, 0.1) is 13.8 Å². The number of carbonyl (C=O) groups excluding carboxylic acids is 1. The van der Waals surface area contributed by atoms with E-state index in [-0.39, 0.29) is 0 Å². The first-order valence-electron chi connectivity index (χ1n) is 11.3. The van der Waals surface area contributed by atoms with Gasteiger partial charge in [-0.3, -0.25) is 0 Å². The number of aromatic amines is 2. The van der Waals surface area contributed by atoms with E-state index in [1.165, 1.54) is 0 Å². The highest BCUT2D eigenvalue weighted by atomic mass is 16.6. The van der Waals surface area contributed by atoms with Crippen molar-refractivity contribution in [1.29, 1.82) is 0 Å². The lowest BCUT2D eigenvalue weighted by Crippen LogP contribution is -2.24. The fraction of sp³-hybridized carbons (Fsp3) is 0.333. The number of carbonyl (C=O) groups is 1. The number of methoxy groups -OCH3 is 3. The van der Waals surface area contributed by atoms with Crippen molar-refractivity contribution in [3.8, 4) is 11.5 Å². The molecule has 8 heteroatoms. The lowest BCUT2D eigenvalue weighted by atomic mass is 10.1. The van der Waals surface area contributed by atoms with E-state index in [1.54, 1.807) is 33.5 Å². The fourth-order valence-electron chi connectivity index (χ4n) is 4.10. The van der Waals surface area contributed by atoms with Gasteiger partial charge in [-0.05, 0) is 58.4 Å². The minimum atomic E-state index is -0.673. The third kappa shape index (κ3) is 4.69. The van der Waals surface area contributed by atoms with Gasteiger partial charge in [0.25, 0.3) is 0 Å². The lowest BCUT2D eigenvalue weighted by molar-refractivity contribution is 0.00717. The predicted octanol–water partition coefficient (Wildman–Crippen LogP) is 5.46. The standard InChI is InChI=1S/C27H31N3O5/c1-14-9-15(2)28-17(14)11-19-21(32-6)13-20(29-19)25-24(26(31)35-27(3,4)5)16-10-22(33-7)23(34-8)12-18(16)30-25/h9-13,28,30H,1-8H3. The zero-order valence-corrected chi connectivity index (χ0v) is 21.4. The first-order valence-corrected chi connectivity index (χ1v) is 11.3.